The Bertz CT molecular complexity index is 299. The molecule has 0 aromatic heterocycles. The maximum absolute atomic E-state index is 12.1. The fourth-order valence-corrected chi connectivity index (χ4v) is 2.62. The molecule has 1 fully saturated rings. The van der Waals surface area contributed by atoms with Crippen molar-refractivity contribution in [1.29, 1.82) is 0 Å². The molecule has 1 aliphatic rings. The first-order chi connectivity index (χ1) is 9.08. The summed E-state index contributed by atoms with van der Waals surface area (Å²) in [7, 11) is 0. The molecule has 0 aromatic carbocycles. The monoisotopic (exact) mass is 270 g/mol. The molecule has 1 aliphatic carbocycles. The van der Waals surface area contributed by atoms with E-state index in [-0.39, 0.29) is 11.8 Å². The number of carboxylic acids is 1. The molecule has 0 radical (unpaired) electrons. The number of rotatable bonds is 7. The summed E-state index contributed by atoms with van der Waals surface area (Å²) < 4.78 is 0. The van der Waals surface area contributed by atoms with Gasteiger partial charge in [0.1, 0.15) is 6.04 Å². The van der Waals surface area contributed by atoms with E-state index in [1.807, 2.05) is 6.92 Å². The second-order valence-corrected chi connectivity index (χ2v) is 5.49. The molecular formula is C14H26N2O3. The molecule has 110 valence electrons. The molecular weight excluding hydrogens is 244 g/mol. The fourth-order valence-electron chi connectivity index (χ4n) is 2.62. The van der Waals surface area contributed by atoms with Crippen molar-refractivity contribution in [3.05, 3.63) is 0 Å². The predicted octanol–water partition coefficient (Wildman–Crippen LogP) is 1.51. The van der Waals surface area contributed by atoms with E-state index in [2.05, 4.69) is 5.32 Å². The number of carbonyl (C=O) groups excluding carboxylic acids is 1. The summed E-state index contributed by atoms with van der Waals surface area (Å²) in [6.45, 7) is 2.69. The highest BCUT2D eigenvalue weighted by atomic mass is 16.4. The summed E-state index contributed by atoms with van der Waals surface area (Å²) in [6, 6.07) is -0.736. The Hall–Kier alpha value is -1.10. The van der Waals surface area contributed by atoms with Gasteiger partial charge in [0, 0.05) is 5.92 Å². The van der Waals surface area contributed by atoms with E-state index in [1.54, 1.807) is 0 Å². The Balaban J connectivity index is 2.42. The third-order valence-electron chi connectivity index (χ3n) is 4.01. The van der Waals surface area contributed by atoms with Gasteiger partial charge in [0.15, 0.2) is 0 Å². The molecule has 0 saturated heterocycles. The molecule has 19 heavy (non-hydrogen) atoms. The number of nitrogens with one attached hydrogen (secondary N) is 1. The van der Waals surface area contributed by atoms with Crippen molar-refractivity contribution in [2.24, 2.45) is 17.6 Å². The number of carbonyl (C=O) groups is 2. The van der Waals surface area contributed by atoms with Gasteiger partial charge in [-0.15, -0.1) is 0 Å². The fraction of sp³-hybridized carbons (Fsp3) is 0.857. The van der Waals surface area contributed by atoms with Crippen LogP contribution < -0.4 is 11.1 Å². The lowest BCUT2D eigenvalue weighted by atomic mass is 9.81. The second-order valence-electron chi connectivity index (χ2n) is 5.49. The molecule has 1 rings (SSSR count). The predicted molar refractivity (Wildman–Crippen MR) is 73.6 cm³/mol. The van der Waals surface area contributed by atoms with E-state index in [0.29, 0.717) is 18.9 Å². The Labute approximate surface area is 114 Å². The van der Waals surface area contributed by atoms with Gasteiger partial charge >= 0.3 is 5.97 Å². The normalized spacial score (nSPS) is 24.7. The highest BCUT2D eigenvalue weighted by Gasteiger charge is 2.28. The first-order valence-electron chi connectivity index (χ1n) is 7.31. The molecule has 0 spiro atoms. The van der Waals surface area contributed by atoms with E-state index >= 15 is 0 Å². The number of aliphatic carboxylic acids is 1. The van der Waals surface area contributed by atoms with Crippen LogP contribution in [-0.4, -0.2) is 29.6 Å². The number of hydrogen-bond acceptors (Lipinski definition) is 3. The van der Waals surface area contributed by atoms with Gasteiger partial charge in [-0.2, -0.15) is 0 Å². The number of amides is 1. The van der Waals surface area contributed by atoms with Gasteiger partial charge in [0.25, 0.3) is 0 Å². The van der Waals surface area contributed by atoms with Gasteiger partial charge in [-0.05, 0) is 44.6 Å². The molecule has 4 N–H and O–H groups in total. The zero-order valence-electron chi connectivity index (χ0n) is 11.7. The smallest absolute Gasteiger partial charge is 0.326 e. The topological polar surface area (TPSA) is 92.4 Å². The first kappa shape index (κ1) is 16.0. The van der Waals surface area contributed by atoms with E-state index < -0.39 is 12.0 Å². The molecule has 0 aromatic rings. The Kier molecular flexibility index (Phi) is 6.84. The maximum atomic E-state index is 12.1. The van der Waals surface area contributed by atoms with Gasteiger partial charge in [-0.3, -0.25) is 4.79 Å². The number of hydrogen-bond donors (Lipinski definition) is 3. The van der Waals surface area contributed by atoms with E-state index in [1.165, 1.54) is 0 Å². The van der Waals surface area contributed by atoms with Crippen molar-refractivity contribution in [3.63, 3.8) is 0 Å². The van der Waals surface area contributed by atoms with Crippen molar-refractivity contribution >= 4 is 11.9 Å². The standard InChI is InChI=1S/C14H26N2O3/c1-2-3-4-12(14(18)19)16-13(17)11-7-5-10(9-15)6-8-11/h10-12H,2-9,15H2,1H3,(H,16,17)(H,18,19)/t10?,11?,12-/m0/s1. The molecule has 0 aliphatic heterocycles. The molecule has 5 nitrogen and oxygen atoms in total. The van der Waals surface area contributed by atoms with E-state index in [9.17, 15) is 9.59 Å². The number of unbranched alkanes of at least 4 members (excludes halogenated alkanes) is 1. The van der Waals surface area contributed by atoms with Crippen molar-refractivity contribution in [3.8, 4) is 0 Å². The summed E-state index contributed by atoms with van der Waals surface area (Å²) in [5.74, 6) is -0.540. The lowest BCUT2D eigenvalue weighted by molar-refractivity contribution is -0.143. The van der Waals surface area contributed by atoms with Crippen LogP contribution >= 0.6 is 0 Å². The van der Waals surface area contributed by atoms with Crippen LogP contribution in [0.1, 0.15) is 51.9 Å². The van der Waals surface area contributed by atoms with Crippen LogP contribution in [0.3, 0.4) is 0 Å². The third kappa shape index (κ3) is 5.19. The van der Waals surface area contributed by atoms with Crippen LogP contribution in [-0.2, 0) is 9.59 Å². The van der Waals surface area contributed by atoms with Crippen molar-refractivity contribution < 1.29 is 14.7 Å². The highest BCUT2D eigenvalue weighted by Crippen LogP contribution is 2.28. The van der Waals surface area contributed by atoms with Crippen LogP contribution in [0.2, 0.25) is 0 Å². The summed E-state index contributed by atoms with van der Waals surface area (Å²) in [5.41, 5.74) is 5.62. The zero-order valence-corrected chi connectivity index (χ0v) is 11.7. The van der Waals surface area contributed by atoms with Crippen LogP contribution in [0.5, 0.6) is 0 Å². The largest absolute Gasteiger partial charge is 0.480 e. The Morgan fingerprint density at radius 3 is 2.42 bits per heavy atom. The summed E-state index contributed by atoms with van der Waals surface area (Å²) in [6.07, 6.45) is 5.86. The average molecular weight is 270 g/mol. The summed E-state index contributed by atoms with van der Waals surface area (Å²) >= 11 is 0. The minimum atomic E-state index is -0.933. The highest BCUT2D eigenvalue weighted by molar-refractivity contribution is 5.84. The first-order valence-corrected chi connectivity index (χ1v) is 7.31. The zero-order chi connectivity index (χ0) is 14.3. The lowest BCUT2D eigenvalue weighted by Crippen LogP contribution is -2.44. The lowest BCUT2D eigenvalue weighted by Gasteiger charge is -2.27. The van der Waals surface area contributed by atoms with Gasteiger partial charge in [0.2, 0.25) is 5.91 Å². The Morgan fingerprint density at radius 2 is 1.95 bits per heavy atom. The molecule has 0 heterocycles. The van der Waals surface area contributed by atoms with Gasteiger partial charge in [-0.25, -0.2) is 4.79 Å². The summed E-state index contributed by atoms with van der Waals surface area (Å²) in [5, 5.41) is 11.8. The second kappa shape index (κ2) is 8.15. The van der Waals surface area contributed by atoms with Gasteiger partial charge in [-0.1, -0.05) is 19.8 Å². The SMILES string of the molecule is CCCC[C@H](NC(=O)C1CCC(CN)CC1)C(=O)O. The van der Waals surface area contributed by atoms with Crippen LogP contribution in [0.15, 0.2) is 0 Å². The summed E-state index contributed by atoms with van der Waals surface area (Å²) in [4.78, 5) is 23.2. The molecule has 0 bridgehead atoms. The average Bonchev–Trinajstić information content (AvgIpc) is 2.43. The minimum absolute atomic E-state index is 0.0359. The molecule has 1 amide bonds. The number of carboxylic acid groups (broad SMARTS) is 1. The third-order valence-corrected chi connectivity index (χ3v) is 4.01. The maximum Gasteiger partial charge on any atom is 0.326 e. The van der Waals surface area contributed by atoms with Gasteiger partial charge in [0.05, 0.1) is 0 Å². The number of nitrogens with two attached hydrogens (primary N) is 1. The molecule has 5 heteroatoms. The van der Waals surface area contributed by atoms with Crippen molar-refractivity contribution in [1.82, 2.24) is 5.32 Å². The van der Waals surface area contributed by atoms with Crippen LogP contribution in [0.4, 0.5) is 0 Å². The van der Waals surface area contributed by atoms with Gasteiger partial charge < -0.3 is 16.2 Å². The molecule has 0 unspecified atom stereocenters. The van der Waals surface area contributed by atoms with E-state index in [0.717, 1.165) is 38.5 Å². The Morgan fingerprint density at radius 1 is 1.32 bits per heavy atom. The van der Waals surface area contributed by atoms with Crippen LogP contribution in [0.25, 0.3) is 0 Å². The molecule has 1 saturated carbocycles. The van der Waals surface area contributed by atoms with Crippen LogP contribution in [0, 0.1) is 11.8 Å². The minimum Gasteiger partial charge on any atom is -0.480 e. The van der Waals surface area contributed by atoms with E-state index in [4.69, 9.17) is 10.8 Å². The quantitative estimate of drug-likeness (QED) is 0.654. The molecule has 1 atom stereocenters. The van der Waals surface area contributed by atoms with Crippen molar-refractivity contribution in [2.45, 2.75) is 57.9 Å². The van der Waals surface area contributed by atoms with Crippen molar-refractivity contribution in [2.75, 3.05) is 6.54 Å².